The summed E-state index contributed by atoms with van der Waals surface area (Å²) in [5, 5.41) is 0. The molecule has 0 radical (unpaired) electrons. The van der Waals surface area contributed by atoms with Gasteiger partial charge in [-0.05, 0) is 24.6 Å². The monoisotopic (exact) mass is 341 g/mol. The highest BCUT2D eigenvalue weighted by Crippen LogP contribution is 2.26. The predicted octanol–water partition coefficient (Wildman–Crippen LogP) is 5.32. The topological polar surface area (TPSA) is 38.7 Å². The standard InChI is InChI=1S/C22H16FN3/c1-15-12-13-18(23)14-19(15)22-25-20(16-8-4-2-5-9-16)24-21(26-22)17-10-6-3-7-11-17/h2-14H,1H3. The number of rotatable bonds is 3. The molecule has 1 heterocycles. The zero-order chi connectivity index (χ0) is 17.9. The maximum absolute atomic E-state index is 13.8. The molecule has 4 heteroatoms. The first-order chi connectivity index (χ1) is 12.7. The van der Waals surface area contributed by atoms with Crippen molar-refractivity contribution < 1.29 is 4.39 Å². The third-order valence-corrected chi connectivity index (χ3v) is 4.14. The predicted molar refractivity (Wildman–Crippen MR) is 101 cm³/mol. The molecule has 0 aliphatic rings. The van der Waals surface area contributed by atoms with Gasteiger partial charge in [-0.15, -0.1) is 0 Å². The van der Waals surface area contributed by atoms with Crippen LogP contribution in [0.5, 0.6) is 0 Å². The molecule has 0 aliphatic heterocycles. The van der Waals surface area contributed by atoms with E-state index in [1.54, 1.807) is 6.07 Å². The van der Waals surface area contributed by atoms with Crippen LogP contribution in [-0.2, 0) is 0 Å². The molecule has 26 heavy (non-hydrogen) atoms. The highest BCUT2D eigenvalue weighted by Gasteiger charge is 2.13. The SMILES string of the molecule is Cc1ccc(F)cc1-c1nc(-c2ccccc2)nc(-c2ccccc2)n1. The molecule has 0 N–H and O–H groups in total. The molecule has 0 atom stereocenters. The van der Waals surface area contributed by atoms with Gasteiger partial charge in [-0.1, -0.05) is 66.7 Å². The van der Waals surface area contributed by atoms with E-state index in [0.717, 1.165) is 16.7 Å². The number of halogens is 1. The van der Waals surface area contributed by atoms with E-state index >= 15 is 0 Å². The van der Waals surface area contributed by atoms with Gasteiger partial charge in [0.1, 0.15) is 5.82 Å². The zero-order valence-electron chi connectivity index (χ0n) is 14.2. The van der Waals surface area contributed by atoms with Crippen LogP contribution in [-0.4, -0.2) is 15.0 Å². The summed E-state index contributed by atoms with van der Waals surface area (Å²) in [5.41, 5.74) is 3.36. The van der Waals surface area contributed by atoms with Gasteiger partial charge in [-0.25, -0.2) is 19.3 Å². The van der Waals surface area contributed by atoms with Crippen LogP contribution in [0.25, 0.3) is 34.2 Å². The van der Waals surface area contributed by atoms with Gasteiger partial charge in [0.05, 0.1) is 0 Å². The highest BCUT2D eigenvalue weighted by molar-refractivity contribution is 5.67. The second-order valence-corrected chi connectivity index (χ2v) is 6.00. The van der Waals surface area contributed by atoms with Crippen LogP contribution in [0.15, 0.2) is 78.9 Å². The summed E-state index contributed by atoms with van der Waals surface area (Å²) < 4.78 is 13.8. The van der Waals surface area contributed by atoms with Crippen LogP contribution in [0, 0.1) is 12.7 Å². The van der Waals surface area contributed by atoms with E-state index in [2.05, 4.69) is 15.0 Å². The van der Waals surface area contributed by atoms with Crippen molar-refractivity contribution >= 4 is 0 Å². The van der Waals surface area contributed by atoms with Crippen molar-refractivity contribution in [3.05, 3.63) is 90.2 Å². The normalized spacial score (nSPS) is 10.7. The molecule has 0 aliphatic carbocycles. The fraction of sp³-hybridized carbons (Fsp3) is 0.0455. The lowest BCUT2D eigenvalue weighted by atomic mass is 10.1. The van der Waals surface area contributed by atoms with Crippen molar-refractivity contribution in [2.75, 3.05) is 0 Å². The Morgan fingerprint density at radius 3 is 1.65 bits per heavy atom. The molecule has 1 aromatic heterocycles. The Kier molecular flexibility index (Phi) is 4.23. The van der Waals surface area contributed by atoms with Crippen molar-refractivity contribution in [3.63, 3.8) is 0 Å². The summed E-state index contributed by atoms with van der Waals surface area (Å²) in [6.45, 7) is 1.92. The minimum absolute atomic E-state index is 0.312. The summed E-state index contributed by atoms with van der Waals surface area (Å²) in [5.74, 6) is 1.29. The van der Waals surface area contributed by atoms with Crippen LogP contribution in [0.3, 0.4) is 0 Å². The first kappa shape index (κ1) is 16.1. The zero-order valence-corrected chi connectivity index (χ0v) is 14.2. The van der Waals surface area contributed by atoms with Gasteiger partial charge in [0.15, 0.2) is 17.5 Å². The maximum Gasteiger partial charge on any atom is 0.164 e. The number of hydrogen-bond donors (Lipinski definition) is 0. The van der Waals surface area contributed by atoms with Gasteiger partial charge in [-0.3, -0.25) is 0 Å². The van der Waals surface area contributed by atoms with Gasteiger partial charge >= 0.3 is 0 Å². The molecule has 0 unspecified atom stereocenters. The van der Waals surface area contributed by atoms with E-state index in [0.29, 0.717) is 23.0 Å². The number of nitrogens with zero attached hydrogens (tertiary/aromatic N) is 3. The van der Waals surface area contributed by atoms with Gasteiger partial charge < -0.3 is 0 Å². The van der Waals surface area contributed by atoms with Crippen molar-refractivity contribution in [2.45, 2.75) is 6.92 Å². The molecular formula is C22H16FN3. The summed E-state index contributed by atoms with van der Waals surface area (Å²) in [6, 6.07) is 24.1. The minimum Gasteiger partial charge on any atom is -0.208 e. The fourth-order valence-corrected chi connectivity index (χ4v) is 2.76. The lowest BCUT2D eigenvalue weighted by Gasteiger charge is -2.10. The molecule has 0 amide bonds. The van der Waals surface area contributed by atoms with E-state index in [9.17, 15) is 4.39 Å². The third-order valence-electron chi connectivity index (χ3n) is 4.14. The Morgan fingerprint density at radius 2 is 1.12 bits per heavy atom. The van der Waals surface area contributed by atoms with Gasteiger partial charge in [0.2, 0.25) is 0 Å². The molecule has 3 aromatic carbocycles. The number of aryl methyl sites for hydroxylation is 1. The first-order valence-electron chi connectivity index (χ1n) is 8.34. The Bertz CT molecular complexity index is 990. The number of benzene rings is 3. The van der Waals surface area contributed by atoms with Gasteiger partial charge in [0, 0.05) is 16.7 Å². The largest absolute Gasteiger partial charge is 0.208 e. The Hall–Kier alpha value is -3.40. The van der Waals surface area contributed by atoms with Crippen molar-refractivity contribution in [2.24, 2.45) is 0 Å². The van der Waals surface area contributed by atoms with Gasteiger partial charge in [-0.2, -0.15) is 0 Å². The average molecular weight is 341 g/mol. The summed E-state index contributed by atoms with van der Waals surface area (Å²) in [7, 11) is 0. The molecule has 126 valence electrons. The van der Waals surface area contributed by atoms with Crippen molar-refractivity contribution in [1.82, 2.24) is 15.0 Å². The lowest BCUT2D eigenvalue weighted by molar-refractivity contribution is 0.627. The van der Waals surface area contributed by atoms with Crippen LogP contribution in [0.1, 0.15) is 5.56 Å². The van der Waals surface area contributed by atoms with Crippen molar-refractivity contribution in [3.8, 4) is 34.2 Å². The number of hydrogen-bond acceptors (Lipinski definition) is 3. The fourth-order valence-electron chi connectivity index (χ4n) is 2.76. The van der Waals surface area contributed by atoms with E-state index in [1.807, 2.05) is 67.6 Å². The molecule has 4 aromatic rings. The second-order valence-electron chi connectivity index (χ2n) is 6.00. The van der Waals surface area contributed by atoms with E-state index in [-0.39, 0.29) is 5.82 Å². The molecule has 0 saturated heterocycles. The second kappa shape index (κ2) is 6.84. The van der Waals surface area contributed by atoms with E-state index in [4.69, 9.17) is 0 Å². The summed E-state index contributed by atoms with van der Waals surface area (Å²) >= 11 is 0. The van der Waals surface area contributed by atoms with E-state index in [1.165, 1.54) is 12.1 Å². The average Bonchev–Trinajstić information content (AvgIpc) is 2.71. The molecule has 0 fully saturated rings. The summed E-state index contributed by atoms with van der Waals surface area (Å²) in [6.07, 6.45) is 0. The molecule has 0 spiro atoms. The number of aromatic nitrogens is 3. The molecule has 3 nitrogen and oxygen atoms in total. The molecule has 0 saturated carbocycles. The first-order valence-corrected chi connectivity index (χ1v) is 8.34. The molecular weight excluding hydrogens is 325 g/mol. The summed E-state index contributed by atoms with van der Waals surface area (Å²) in [4.78, 5) is 13.9. The van der Waals surface area contributed by atoms with Crippen LogP contribution in [0.4, 0.5) is 4.39 Å². The highest BCUT2D eigenvalue weighted by atomic mass is 19.1. The van der Waals surface area contributed by atoms with Crippen LogP contribution < -0.4 is 0 Å². The van der Waals surface area contributed by atoms with E-state index < -0.39 is 0 Å². The molecule has 0 bridgehead atoms. The Balaban J connectivity index is 1.95. The lowest BCUT2D eigenvalue weighted by Crippen LogP contribution is -2.01. The van der Waals surface area contributed by atoms with Crippen LogP contribution in [0.2, 0.25) is 0 Å². The smallest absolute Gasteiger partial charge is 0.164 e. The quantitative estimate of drug-likeness (QED) is 0.506. The Labute approximate surface area is 151 Å². The Morgan fingerprint density at radius 1 is 0.615 bits per heavy atom. The third kappa shape index (κ3) is 3.22. The van der Waals surface area contributed by atoms with Crippen molar-refractivity contribution in [1.29, 1.82) is 0 Å². The minimum atomic E-state index is -0.312. The molecule has 4 rings (SSSR count). The van der Waals surface area contributed by atoms with Gasteiger partial charge in [0.25, 0.3) is 0 Å². The van der Waals surface area contributed by atoms with Crippen LogP contribution >= 0.6 is 0 Å². The maximum atomic E-state index is 13.8.